The lowest BCUT2D eigenvalue weighted by Gasteiger charge is -2.15. The molecule has 0 aliphatic carbocycles. The zero-order valence-electron chi connectivity index (χ0n) is 10.4. The number of rotatable bonds is 2. The highest BCUT2D eigenvalue weighted by atomic mass is 19.1. The molecule has 1 aliphatic heterocycles. The molecule has 0 bridgehead atoms. The average Bonchev–Trinajstić information content (AvgIpc) is 2.70. The second-order valence-electron chi connectivity index (χ2n) is 4.72. The van der Waals surface area contributed by atoms with Gasteiger partial charge in [0.25, 0.3) is 0 Å². The van der Waals surface area contributed by atoms with Gasteiger partial charge in [-0.05, 0) is 24.6 Å². The van der Waals surface area contributed by atoms with Gasteiger partial charge in [-0.1, -0.05) is 12.1 Å². The Kier molecular flexibility index (Phi) is 2.88. The molecule has 1 N–H and O–H groups in total. The first-order valence-corrected chi connectivity index (χ1v) is 6.24. The van der Waals surface area contributed by atoms with Crippen molar-refractivity contribution in [3.63, 3.8) is 0 Å². The molecule has 0 saturated heterocycles. The Morgan fingerprint density at radius 2 is 2.11 bits per heavy atom. The van der Waals surface area contributed by atoms with Crippen molar-refractivity contribution in [2.75, 3.05) is 6.54 Å². The number of fused-ring (bicyclic) bond motifs is 1. The van der Waals surface area contributed by atoms with Crippen LogP contribution < -0.4 is 5.32 Å². The van der Waals surface area contributed by atoms with Crippen molar-refractivity contribution >= 4 is 0 Å². The standard InChI is InChI=1S/C14H16FN3/c1-10-13-8-16-7-6-14(13)18(17-10)9-11-2-4-12(15)5-3-11/h2-5,16H,6-9H2,1H3. The summed E-state index contributed by atoms with van der Waals surface area (Å²) in [6.45, 7) is 4.68. The number of aromatic nitrogens is 2. The minimum Gasteiger partial charge on any atom is -0.312 e. The van der Waals surface area contributed by atoms with Crippen molar-refractivity contribution in [3.05, 3.63) is 52.6 Å². The summed E-state index contributed by atoms with van der Waals surface area (Å²) in [4.78, 5) is 0. The maximum atomic E-state index is 12.9. The predicted molar refractivity (Wildman–Crippen MR) is 67.9 cm³/mol. The molecular formula is C14H16FN3. The number of hydrogen-bond acceptors (Lipinski definition) is 2. The summed E-state index contributed by atoms with van der Waals surface area (Å²) >= 11 is 0. The van der Waals surface area contributed by atoms with E-state index >= 15 is 0 Å². The lowest BCUT2D eigenvalue weighted by molar-refractivity contribution is 0.581. The molecule has 0 saturated carbocycles. The molecule has 1 aromatic heterocycles. The average molecular weight is 245 g/mol. The molecule has 0 radical (unpaired) electrons. The Morgan fingerprint density at radius 1 is 1.33 bits per heavy atom. The fraction of sp³-hybridized carbons (Fsp3) is 0.357. The summed E-state index contributed by atoms with van der Waals surface area (Å²) in [6, 6.07) is 6.64. The Bertz CT molecular complexity index is 557. The summed E-state index contributed by atoms with van der Waals surface area (Å²) in [5.41, 5.74) is 4.82. The Balaban J connectivity index is 1.91. The van der Waals surface area contributed by atoms with Crippen LogP contribution in [0.1, 0.15) is 22.5 Å². The van der Waals surface area contributed by atoms with Crippen molar-refractivity contribution in [1.29, 1.82) is 0 Å². The van der Waals surface area contributed by atoms with Gasteiger partial charge in [0.2, 0.25) is 0 Å². The SMILES string of the molecule is Cc1nn(Cc2ccc(F)cc2)c2c1CNCC2. The van der Waals surface area contributed by atoms with Crippen molar-refractivity contribution in [3.8, 4) is 0 Å². The maximum Gasteiger partial charge on any atom is 0.123 e. The zero-order chi connectivity index (χ0) is 12.5. The van der Waals surface area contributed by atoms with E-state index in [1.165, 1.54) is 23.4 Å². The summed E-state index contributed by atoms with van der Waals surface area (Å²) < 4.78 is 14.9. The fourth-order valence-corrected chi connectivity index (χ4v) is 2.49. The second-order valence-corrected chi connectivity index (χ2v) is 4.72. The van der Waals surface area contributed by atoms with Crippen LogP contribution >= 0.6 is 0 Å². The van der Waals surface area contributed by atoms with E-state index in [2.05, 4.69) is 15.1 Å². The molecule has 2 aromatic rings. The van der Waals surface area contributed by atoms with Crippen LogP contribution in [-0.2, 0) is 19.5 Å². The van der Waals surface area contributed by atoms with Crippen LogP contribution in [0.15, 0.2) is 24.3 Å². The highest BCUT2D eigenvalue weighted by Crippen LogP contribution is 2.18. The fourth-order valence-electron chi connectivity index (χ4n) is 2.49. The van der Waals surface area contributed by atoms with Crippen LogP contribution in [0.5, 0.6) is 0 Å². The topological polar surface area (TPSA) is 29.9 Å². The van der Waals surface area contributed by atoms with E-state index in [-0.39, 0.29) is 5.82 Å². The third kappa shape index (κ3) is 2.04. The quantitative estimate of drug-likeness (QED) is 0.877. The van der Waals surface area contributed by atoms with Crippen LogP contribution in [0.4, 0.5) is 4.39 Å². The summed E-state index contributed by atoms with van der Waals surface area (Å²) in [6.07, 6.45) is 1.01. The first-order chi connectivity index (χ1) is 8.74. The van der Waals surface area contributed by atoms with Crippen molar-refractivity contribution in [2.45, 2.75) is 26.4 Å². The van der Waals surface area contributed by atoms with Crippen LogP contribution in [0.2, 0.25) is 0 Å². The van der Waals surface area contributed by atoms with Crippen LogP contribution in [-0.4, -0.2) is 16.3 Å². The molecule has 0 spiro atoms. The predicted octanol–water partition coefficient (Wildman–Crippen LogP) is 2.02. The van der Waals surface area contributed by atoms with Crippen LogP contribution in [0.3, 0.4) is 0 Å². The number of aryl methyl sites for hydroxylation is 1. The Morgan fingerprint density at radius 3 is 2.89 bits per heavy atom. The molecule has 2 heterocycles. The van der Waals surface area contributed by atoms with E-state index in [0.717, 1.165) is 37.3 Å². The molecular weight excluding hydrogens is 229 g/mol. The highest BCUT2D eigenvalue weighted by Gasteiger charge is 2.17. The second kappa shape index (κ2) is 4.53. The van der Waals surface area contributed by atoms with Gasteiger partial charge < -0.3 is 5.32 Å². The Hall–Kier alpha value is -1.68. The van der Waals surface area contributed by atoms with Gasteiger partial charge in [0.1, 0.15) is 5.82 Å². The molecule has 3 nitrogen and oxygen atoms in total. The molecule has 4 heteroatoms. The van der Waals surface area contributed by atoms with Crippen molar-refractivity contribution < 1.29 is 4.39 Å². The van der Waals surface area contributed by atoms with Crippen LogP contribution in [0.25, 0.3) is 0 Å². The van der Waals surface area contributed by atoms with E-state index < -0.39 is 0 Å². The molecule has 0 unspecified atom stereocenters. The molecule has 3 rings (SSSR count). The number of halogens is 1. The van der Waals surface area contributed by atoms with Gasteiger partial charge in [-0.3, -0.25) is 4.68 Å². The number of hydrogen-bond donors (Lipinski definition) is 1. The van der Waals surface area contributed by atoms with Gasteiger partial charge in [-0.25, -0.2) is 4.39 Å². The van der Waals surface area contributed by atoms with Gasteiger partial charge in [-0.15, -0.1) is 0 Å². The largest absolute Gasteiger partial charge is 0.312 e. The molecule has 0 fully saturated rings. The third-order valence-electron chi connectivity index (χ3n) is 3.45. The summed E-state index contributed by atoms with van der Waals surface area (Å²) in [5, 5.41) is 7.96. The van der Waals surface area contributed by atoms with E-state index in [0.29, 0.717) is 0 Å². The summed E-state index contributed by atoms with van der Waals surface area (Å²) in [5.74, 6) is -0.193. The third-order valence-corrected chi connectivity index (χ3v) is 3.45. The smallest absolute Gasteiger partial charge is 0.123 e. The van der Waals surface area contributed by atoms with Gasteiger partial charge in [0.05, 0.1) is 12.2 Å². The van der Waals surface area contributed by atoms with Gasteiger partial charge in [-0.2, -0.15) is 5.10 Å². The van der Waals surface area contributed by atoms with Gasteiger partial charge in [0.15, 0.2) is 0 Å². The van der Waals surface area contributed by atoms with Crippen molar-refractivity contribution in [1.82, 2.24) is 15.1 Å². The lowest BCUT2D eigenvalue weighted by atomic mass is 10.1. The van der Waals surface area contributed by atoms with Crippen LogP contribution in [0, 0.1) is 12.7 Å². The van der Waals surface area contributed by atoms with E-state index in [9.17, 15) is 4.39 Å². The zero-order valence-corrected chi connectivity index (χ0v) is 10.4. The van der Waals surface area contributed by atoms with Gasteiger partial charge >= 0.3 is 0 Å². The Labute approximate surface area is 106 Å². The molecule has 0 amide bonds. The first kappa shape index (κ1) is 11.4. The molecule has 1 aliphatic rings. The minimum atomic E-state index is -0.193. The van der Waals surface area contributed by atoms with E-state index in [1.54, 1.807) is 0 Å². The molecule has 94 valence electrons. The highest BCUT2D eigenvalue weighted by molar-refractivity contribution is 5.29. The first-order valence-electron chi connectivity index (χ1n) is 6.24. The van der Waals surface area contributed by atoms with E-state index in [1.807, 2.05) is 19.1 Å². The molecule has 0 atom stereocenters. The molecule has 18 heavy (non-hydrogen) atoms. The summed E-state index contributed by atoms with van der Waals surface area (Å²) in [7, 11) is 0. The monoisotopic (exact) mass is 245 g/mol. The van der Waals surface area contributed by atoms with Gasteiger partial charge in [0, 0.05) is 30.8 Å². The maximum absolute atomic E-state index is 12.9. The van der Waals surface area contributed by atoms with Crippen molar-refractivity contribution in [2.24, 2.45) is 0 Å². The number of nitrogens with one attached hydrogen (secondary N) is 1. The minimum absolute atomic E-state index is 0.193. The molecule has 1 aromatic carbocycles. The lowest BCUT2D eigenvalue weighted by Crippen LogP contribution is -2.25. The van der Waals surface area contributed by atoms with E-state index in [4.69, 9.17) is 0 Å². The number of benzene rings is 1. The number of nitrogens with zero attached hydrogens (tertiary/aromatic N) is 2. The normalized spacial score (nSPS) is 14.6.